The number of alkyl halides is 3. The summed E-state index contributed by atoms with van der Waals surface area (Å²) in [5, 5.41) is 8.37. The van der Waals surface area contributed by atoms with Crippen LogP contribution in [0.3, 0.4) is 0 Å². The summed E-state index contributed by atoms with van der Waals surface area (Å²) in [6, 6.07) is 12.7. The van der Waals surface area contributed by atoms with Crippen LogP contribution in [0.2, 0.25) is 0 Å². The van der Waals surface area contributed by atoms with Crippen molar-refractivity contribution in [1.82, 2.24) is 10.2 Å². The Morgan fingerprint density at radius 2 is 1.71 bits per heavy atom. The molecule has 0 saturated heterocycles. The van der Waals surface area contributed by atoms with Crippen molar-refractivity contribution in [1.29, 1.82) is 0 Å². The van der Waals surface area contributed by atoms with E-state index in [-0.39, 0.29) is 0 Å². The zero-order valence-electron chi connectivity index (χ0n) is 12.7. The normalized spacial score (nSPS) is 11.7. The third-order valence-corrected chi connectivity index (χ3v) is 4.32. The summed E-state index contributed by atoms with van der Waals surface area (Å²) in [6.07, 6.45) is -4.32. The van der Waals surface area contributed by atoms with Gasteiger partial charge in [-0.1, -0.05) is 42.1 Å². The molecule has 0 unspecified atom stereocenters. The molecule has 0 bridgehead atoms. The number of thioether (sulfide) groups is 1. The van der Waals surface area contributed by atoms with Crippen LogP contribution >= 0.6 is 11.8 Å². The van der Waals surface area contributed by atoms with E-state index in [2.05, 4.69) is 10.2 Å². The SMILES string of the molecule is Cc1ccccc1-c1nnc(SCc2ccc(C(F)(F)F)cc2)o1. The summed E-state index contributed by atoms with van der Waals surface area (Å²) >= 11 is 1.29. The largest absolute Gasteiger partial charge is 0.416 e. The fraction of sp³-hybridized carbons (Fsp3) is 0.176. The third-order valence-electron chi connectivity index (χ3n) is 3.43. The highest BCUT2D eigenvalue weighted by molar-refractivity contribution is 7.98. The van der Waals surface area contributed by atoms with E-state index in [1.165, 1.54) is 23.9 Å². The molecule has 0 radical (unpaired) electrons. The van der Waals surface area contributed by atoms with Crippen LogP contribution in [-0.4, -0.2) is 10.2 Å². The van der Waals surface area contributed by atoms with Gasteiger partial charge in [-0.15, -0.1) is 10.2 Å². The van der Waals surface area contributed by atoms with E-state index in [0.29, 0.717) is 16.9 Å². The second-order valence-corrected chi connectivity index (χ2v) is 6.10. The maximum atomic E-state index is 12.5. The Morgan fingerprint density at radius 3 is 2.38 bits per heavy atom. The van der Waals surface area contributed by atoms with Crippen LogP contribution in [0.15, 0.2) is 58.2 Å². The van der Waals surface area contributed by atoms with Gasteiger partial charge in [-0.3, -0.25) is 0 Å². The number of hydrogen-bond donors (Lipinski definition) is 0. The van der Waals surface area contributed by atoms with E-state index in [9.17, 15) is 13.2 Å². The van der Waals surface area contributed by atoms with E-state index in [4.69, 9.17) is 4.42 Å². The highest BCUT2D eigenvalue weighted by Crippen LogP contribution is 2.31. The first-order valence-corrected chi connectivity index (χ1v) is 8.10. The topological polar surface area (TPSA) is 38.9 Å². The van der Waals surface area contributed by atoms with E-state index in [1.807, 2.05) is 31.2 Å². The van der Waals surface area contributed by atoms with Crippen LogP contribution in [0.4, 0.5) is 13.2 Å². The lowest BCUT2D eigenvalue weighted by Crippen LogP contribution is -2.04. The summed E-state index contributed by atoms with van der Waals surface area (Å²) in [5.41, 5.74) is 1.99. The average molecular weight is 350 g/mol. The summed E-state index contributed by atoms with van der Waals surface area (Å²) in [4.78, 5) is 0. The lowest BCUT2D eigenvalue weighted by atomic mass is 10.1. The summed E-state index contributed by atoms with van der Waals surface area (Å²) in [6.45, 7) is 1.95. The van der Waals surface area contributed by atoms with E-state index < -0.39 is 11.7 Å². The number of aromatic nitrogens is 2. The minimum Gasteiger partial charge on any atom is -0.411 e. The number of halogens is 3. The second-order valence-electron chi connectivity index (χ2n) is 5.17. The number of hydrogen-bond acceptors (Lipinski definition) is 4. The Morgan fingerprint density at radius 1 is 1.00 bits per heavy atom. The molecule has 0 aliphatic rings. The maximum Gasteiger partial charge on any atom is 0.416 e. The summed E-state index contributed by atoms with van der Waals surface area (Å²) < 4.78 is 43.2. The minimum atomic E-state index is -4.32. The molecule has 0 N–H and O–H groups in total. The molecule has 24 heavy (non-hydrogen) atoms. The molecule has 7 heteroatoms. The Balaban J connectivity index is 1.67. The lowest BCUT2D eigenvalue weighted by molar-refractivity contribution is -0.137. The first-order valence-electron chi connectivity index (χ1n) is 7.12. The molecular weight excluding hydrogens is 337 g/mol. The highest BCUT2D eigenvalue weighted by atomic mass is 32.2. The van der Waals surface area contributed by atoms with E-state index >= 15 is 0 Å². The predicted molar refractivity (Wildman–Crippen MR) is 85.5 cm³/mol. The number of nitrogens with zero attached hydrogens (tertiary/aromatic N) is 2. The van der Waals surface area contributed by atoms with Crippen molar-refractivity contribution >= 4 is 11.8 Å². The zero-order valence-corrected chi connectivity index (χ0v) is 13.5. The van der Waals surface area contributed by atoms with Crippen molar-refractivity contribution in [2.45, 2.75) is 24.1 Å². The van der Waals surface area contributed by atoms with Crippen molar-refractivity contribution in [3.63, 3.8) is 0 Å². The van der Waals surface area contributed by atoms with Crippen LogP contribution < -0.4 is 0 Å². The average Bonchev–Trinajstić information content (AvgIpc) is 3.02. The zero-order chi connectivity index (χ0) is 17.2. The number of aryl methyl sites for hydroxylation is 1. The van der Waals surface area contributed by atoms with Gasteiger partial charge in [0, 0.05) is 11.3 Å². The fourth-order valence-electron chi connectivity index (χ4n) is 2.12. The molecule has 0 aliphatic heterocycles. The molecule has 0 amide bonds. The molecule has 0 aliphatic carbocycles. The van der Waals surface area contributed by atoms with Crippen LogP contribution in [0.5, 0.6) is 0 Å². The molecular formula is C17H13F3N2OS. The second kappa shape index (κ2) is 6.68. The van der Waals surface area contributed by atoms with Crippen LogP contribution in [0.1, 0.15) is 16.7 Å². The number of rotatable bonds is 4. The van der Waals surface area contributed by atoms with Gasteiger partial charge in [0.15, 0.2) is 0 Å². The molecule has 3 nitrogen and oxygen atoms in total. The predicted octanol–water partition coefficient (Wildman–Crippen LogP) is 5.36. The first-order chi connectivity index (χ1) is 11.4. The molecule has 0 atom stereocenters. The molecule has 0 fully saturated rings. The van der Waals surface area contributed by atoms with Gasteiger partial charge in [0.05, 0.1) is 5.56 Å². The molecule has 124 valence electrons. The summed E-state index contributed by atoms with van der Waals surface area (Å²) in [5.74, 6) is 0.885. The molecule has 3 rings (SSSR count). The highest BCUT2D eigenvalue weighted by Gasteiger charge is 2.29. The molecule has 1 heterocycles. The van der Waals surface area contributed by atoms with Gasteiger partial charge >= 0.3 is 6.18 Å². The van der Waals surface area contributed by atoms with Crippen molar-refractivity contribution in [3.8, 4) is 11.5 Å². The molecule has 0 saturated carbocycles. The van der Waals surface area contributed by atoms with Gasteiger partial charge in [0.2, 0.25) is 5.89 Å². The molecule has 2 aromatic carbocycles. The Bertz CT molecular complexity index is 828. The van der Waals surface area contributed by atoms with Crippen molar-refractivity contribution < 1.29 is 17.6 Å². The van der Waals surface area contributed by atoms with Gasteiger partial charge in [0.25, 0.3) is 5.22 Å². The molecule has 0 spiro atoms. The first kappa shape index (κ1) is 16.6. The number of benzene rings is 2. The Hall–Kier alpha value is -2.28. The Labute approximate surface area is 140 Å². The van der Waals surface area contributed by atoms with Crippen molar-refractivity contribution in [2.75, 3.05) is 0 Å². The van der Waals surface area contributed by atoms with Gasteiger partial charge in [-0.05, 0) is 36.2 Å². The van der Waals surface area contributed by atoms with Crippen molar-refractivity contribution in [3.05, 3.63) is 65.2 Å². The molecule has 3 aromatic rings. The van der Waals surface area contributed by atoms with E-state index in [0.717, 1.165) is 28.8 Å². The van der Waals surface area contributed by atoms with Crippen LogP contribution in [-0.2, 0) is 11.9 Å². The third kappa shape index (κ3) is 3.79. The van der Waals surface area contributed by atoms with Crippen molar-refractivity contribution in [2.24, 2.45) is 0 Å². The standard InChI is InChI=1S/C17H13F3N2OS/c1-11-4-2-3-5-14(11)15-21-22-16(23-15)24-10-12-6-8-13(9-7-12)17(18,19)20/h2-9H,10H2,1H3. The minimum absolute atomic E-state index is 0.383. The summed E-state index contributed by atoms with van der Waals surface area (Å²) in [7, 11) is 0. The van der Waals surface area contributed by atoms with Crippen LogP contribution in [0.25, 0.3) is 11.5 Å². The van der Waals surface area contributed by atoms with Gasteiger partial charge < -0.3 is 4.42 Å². The molecule has 1 aromatic heterocycles. The van der Waals surface area contributed by atoms with E-state index in [1.54, 1.807) is 0 Å². The fourth-order valence-corrected chi connectivity index (χ4v) is 2.84. The monoisotopic (exact) mass is 350 g/mol. The van der Waals surface area contributed by atoms with Gasteiger partial charge in [-0.25, -0.2) is 0 Å². The van der Waals surface area contributed by atoms with Crippen LogP contribution in [0, 0.1) is 6.92 Å². The van der Waals surface area contributed by atoms with Gasteiger partial charge in [0.1, 0.15) is 0 Å². The maximum absolute atomic E-state index is 12.5. The van der Waals surface area contributed by atoms with Gasteiger partial charge in [-0.2, -0.15) is 13.2 Å². The smallest absolute Gasteiger partial charge is 0.411 e. The Kier molecular flexibility index (Phi) is 4.62. The lowest BCUT2D eigenvalue weighted by Gasteiger charge is -2.06. The quantitative estimate of drug-likeness (QED) is 0.594.